The normalized spacial score (nSPS) is 12.9. The summed E-state index contributed by atoms with van der Waals surface area (Å²) in [6, 6.07) is 4.75. The summed E-state index contributed by atoms with van der Waals surface area (Å²) in [5.74, 6) is 0.385. The Morgan fingerprint density at radius 1 is 1.47 bits per heavy atom. The van der Waals surface area contributed by atoms with E-state index in [1.54, 1.807) is 12.1 Å². The molecule has 0 aliphatic carbocycles. The summed E-state index contributed by atoms with van der Waals surface area (Å²) in [7, 11) is 0. The van der Waals surface area contributed by atoms with Crippen molar-refractivity contribution in [3.05, 3.63) is 24.1 Å². The fourth-order valence-corrected chi connectivity index (χ4v) is 1.39. The molecule has 0 aliphatic heterocycles. The summed E-state index contributed by atoms with van der Waals surface area (Å²) in [6.45, 7) is 4.21. The monoisotopic (exact) mass is 212 g/mol. The topological polar surface area (TPSA) is 45.1 Å². The van der Waals surface area contributed by atoms with Crippen LogP contribution in [0.5, 0.6) is 0 Å². The van der Waals surface area contributed by atoms with Crippen molar-refractivity contribution in [1.29, 1.82) is 0 Å². The highest BCUT2D eigenvalue weighted by Gasteiger charge is 2.12. The molecule has 0 spiro atoms. The van der Waals surface area contributed by atoms with Gasteiger partial charge in [-0.15, -0.1) is 0 Å². The van der Waals surface area contributed by atoms with Crippen LogP contribution in [0.3, 0.4) is 0 Å². The number of hydrogen-bond acceptors (Lipinski definition) is 3. The number of nitrogens with zero attached hydrogens (tertiary/aromatic N) is 1. The number of anilines is 1. The van der Waals surface area contributed by atoms with E-state index < -0.39 is 5.95 Å². The van der Waals surface area contributed by atoms with E-state index in [9.17, 15) is 4.39 Å². The molecule has 3 nitrogen and oxygen atoms in total. The molecule has 0 aliphatic rings. The Kier molecular flexibility index (Phi) is 4.49. The van der Waals surface area contributed by atoms with Gasteiger partial charge in [0, 0.05) is 12.6 Å². The fourth-order valence-electron chi connectivity index (χ4n) is 1.39. The molecule has 1 unspecified atom stereocenters. The lowest BCUT2D eigenvalue weighted by Gasteiger charge is -2.21. The van der Waals surface area contributed by atoms with Crippen LogP contribution in [0.15, 0.2) is 18.2 Å². The average Bonchev–Trinajstić information content (AvgIpc) is 2.17. The lowest BCUT2D eigenvalue weighted by molar-refractivity contribution is 0.267. The Morgan fingerprint density at radius 3 is 2.73 bits per heavy atom. The number of aromatic nitrogens is 1. The number of aliphatic hydroxyl groups excluding tert-OH is 1. The molecule has 1 aromatic rings. The summed E-state index contributed by atoms with van der Waals surface area (Å²) in [5, 5.41) is 12.0. The van der Waals surface area contributed by atoms with Gasteiger partial charge in [0.1, 0.15) is 5.82 Å². The molecule has 1 heterocycles. The van der Waals surface area contributed by atoms with Crippen LogP contribution in [0.4, 0.5) is 10.2 Å². The summed E-state index contributed by atoms with van der Waals surface area (Å²) in [5.41, 5.74) is 0. The van der Waals surface area contributed by atoms with Gasteiger partial charge in [-0.25, -0.2) is 4.98 Å². The van der Waals surface area contributed by atoms with E-state index in [4.69, 9.17) is 5.11 Å². The third-order valence-electron chi connectivity index (χ3n) is 2.29. The maximum Gasteiger partial charge on any atom is 0.214 e. The van der Waals surface area contributed by atoms with Crippen LogP contribution in [0.2, 0.25) is 0 Å². The summed E-state index contributed by atoms with van der Waals surface area (Å²) >= 11 is 0. The van der Waals surface area contributed by atoms with Crippen molar-refractivity contribution in [2.75, 3.05) is 11.9 Å². The molecule has 0 fully saturated rings. The Bertz CT molecular complexity index is 304. The first-order valence-corrected chi connectivity index (χ1v) is 5.13. The number of hydrogen-bond donors (Lipinski definition) is 2. The van der Waals surface area contributed by atoms with Gasteiger partial charge in [-0.3, -0.25) is 0 Å². The molecule has 2 N–H and O–H groups in total. The Hall–Kier alpha value is -1.16. The molecule has 0 bridgehead atoms. The van der Waals surface area contributed by atoms with Crippen molar-refractivity contribution in [3.63, 3.8) is 0 Å². The Morgan fingerprint density at radius 2 is 2.20 bits per heavy atom. The molecule has 0 amide bonds. The van der Waals surface area contributed by atoms with Crippen molar-refractivity contribution in [2.45, 2.75) is 26.3 Å². The summed E-state index contributed by atoms with van der Waals surface area (Å²) < 4.78 is 12.8. The van der Waals surface area contributed by atoms with Crippen molar-refractivity contribution in [1.82, 2.24) is 4.98 Å². The molecule has 84 valence electrons. The van der Waals surface area contributed by atoms with Gasteiger partial charge in [-0.05, 0) is 24.5 Å². The molecule has 15 heavy (non-hydrogen) atoms. The number of halogens is 1. The first-order chi connectivity index (χ1) is 7.13. The van der Waals surface area contributed by atoms with Crippen molar-refractivity contribution in [3.8, 4) is 0 Å². The van der Waals surface area contributed by atoms with E-state index in [-0.39, 0.29) is 12.6 Å². The smallest absolute Gasteiger partial charge is 0.214 e. The molecule has 0 saturated carbocycles. The number of rotatable bonds is 5. The molecular formula is C11H17FN2O. The Labute approximate surface area is 89.4 Å². The van der Waals surface area contributed by atoms with Crippen LogP contribution in [0.1, 0.15) is 20.3 Å². The third-order valence-corrected chi connectivity index (χ3v) is 2.29. The highest BCUT2D eigenvalue weighted by Crippen LogP contribution is 2.13. The van der Waals surface area contributed by atoms with Crippen molar-refractivity contribution >= 4 is 5.82 Å². The standard InChI is InChI=1S/C11H17FN2O/c1-8(2)9(6-7-15)13-11-5-3-4-10(12)14-11/h3-5,8-9,15H,6-7H2,1-2H3,(H,13,14). The highest BCUT2D eigenvalue weighted by molar-refractivity contribution is 5.34. The highest BCUT2D eigenvalue weighted by atomic mass is 19.1. The van der Waals surface area contributed by atoms with E-state index in [1.165, 1.54) is 6.07 Å². The summed E-state index contributed by atoms with van der Waals surface area (Å²) in [6.07, 6.45) is 0.635. The van der Waals surface area contributed by atoms with Crippen LogP contribution in [-0.4, -0.2) is 22.7 Å². The molecule has 1 aromatic heterocycles. The van der Waals surface area contributed by atoms with E-state index >= 15 is 0 Å². The predicted molar refractivity (Wildman–Crippen MR) is 58.1 cm³/mol. The molecule has 0 radical (unpaired) electrons. The lowest BCUT2D eigenvalue weighted by atomic mass is 10.0. The minimum absolute atomic E-state index is 0.115. The third kappa shape index (κ3) is 3.83. The SMILES string of the molecule is CC(C)C(CCO)Nc1cccc(F)n1. The number of pyridine rings is 1. The van der Waals surface area contributed by atoms with Gasteiger partial charge in [0.15, 0.2) is 0 Å². The fraction of sp³-hybridized carbons (Fsp3) is 0.545. The van der Waals surface area contributed by atoms with Gasteiger partial charge < -0.3 is 10.4 Å². The van der Waals surface area contributed by atoms with Gasteiger partial charge in [0.05, 0.1) is 0 Å². The van der Waals surface area contributed by atoms with Crippen LogP contribution in [0.25, 0.3) is 0 Å². The molecular weight excluding hydrogens is 195 g/mol. The van der Waals surface area contributed by atoms with Crippen LogP contribution in [0, 0.1) is 11.9 Å². The molecule has 1 atom stereocenters. The average molecular weight is 212 g/mol. The van der Waals surface area contributed by atoms with E-state index in [0.717, 1.165) is 0 Å². The summed E-state index contributed by atoms with van der Waals surface area (Å²) in [4.78, 5) is 3.72. The molecule has 4 heteroatoms. The zero-order chi connectivity index (χ0) is 11.3. The van der Waals surface area contributed by atoms with Crippen molar-refractivity contribution in [2.24, 2.45) is 5.92 Å². The maximum atomic E-state index is 12.8. The van der Waals surface area contributed by atoms with E-state index in [0.29, 0.717) is 18.2 Å². The quantitative estimate of drug-likeness (QED) is 0.734. The minimum atomic E-state index is -0.494. The van der Waals surface area contributed by atoms with Gasteiger partial charge in [-0.1, -0.05) is 19.9 Å². The van der Waals surface area contributed by atoms with Crippen LogP contribution >= 0.6 is 0 Å². The second kappa shape index (κ2) is 5.66. The number of nitrogens with one attached hydrogen (secondary N) is 1. The van der Waals surface area contributed by atoms with Crippen molar-refractivity contribution < 1.29 is 9.50 Å². The zero-order valence-corrected chi connectivity index (χ0v) is 9.07. The Balaban J connectivity index is 2.65. The maximum absolute atomic E-state index is 12.8. The first-order valence-electron chi connectivity index (χ1n) is 5.13. The van der Waals surface area contributed by atoms with Gasteiger partial charge in [0.25, 0.3) is 0 Å². The van der Waals surface area contributed by atoms with Gasteiger partial charge >= 0.3 is 0 Å². The lowest BCUT2D eigenvalue weighted by Crippen LogP contribution is -2.27. The van der Waals surface area contributed by atoms with E-state index in [2.05, 4.69) is 10.3 Å². The molecule has 0 saturated heterocycles. The number of aliphatic hydroxyl groups is 1. The molecule has 1 rings (SSSR count). The van der Waals surface area contributed by atoms with E-state index in [1.807, 2.05) is 13.8 Å². The van der Waals surface area contributed by atoms with Crippen LogP contribution in [-0.2, 0) is 0 Å². The first kappa shape index (κ1) is 11.9. The second-order valence-electron chi connectivity index (χ2n) is 3.85. The minimum Gasteiger partial charge on any atom is -0.396 e. The van der Waals surface area contributed by atoms with Gasteiger partial charge in [-0.2, -0.15) is 4.39 Å². The second-order valence-corrected chi connectivity index (χ2v) is 3.85. The van der Waals surface area contributed by atoms with Gasteiger partial charge in [0.2, 0.25) is 5.95 Å². The van der Waals surface area contributed by atoms with Crippen LogP contribution < -0.4 is 5.32 Å². The molecule has 0 aromatic carbocycles. The zero-order valence-electron chi connectivity index (χ0n) is 9.07. The predicted octanol–water partition coefficient (Wildman–Crippen LogP) is 2.04. The largest absolute Gasteiger partial charge is 0.396 e.